The highest BCUT2D eigenvalue weighted by atomic mass is 16.5. The van der Waals surface area contributed by atoms with Crippen molar-refractivity contribution in [2.24, 2.45) is 0 Å². The fourth-order valence-corrected chi connectivity index (χ4v) is 1.54. The van der Waals surface area contributed by atoms with Crippen LogP contribution in [-0.2, 0) is 0 Å². The molecular formula is C13H26N6O. The Morgan fingerprint density at radius 2 is 1.75 bits per heavy atom. The van der Waals surface area contributed by atoms with Crippen LogP contribution in [0.1, 0.15) is 27.2 Å². The molecule has 114 valence electrons. The van der Waals surface area contributed by atoms with Crippen LogP contribution in [-0.4, -0.2) is 59.7 Å². The molecular weight excluding hydrogens is 256 g/mol. The Labute approximate surface area is 121 Å². The van der Waals surface area contributed by atoms with Crippen molar-refractivity contribution in [1.82, 2.24) is 19.9 Å². The van der Waals surface area contributed by atoms with Gasteiger partial charge >= 0.3 is 6.01 Å². The first-order valence-corrected chi connectivity index (χ1v) is 6.92. The Bertz CT molecular complexity index is 410. The molecule has 0 saturated carbocycles. The van der Waals surface area contributed by atoms with Gasteiger partial charge in [0.1, 0.15) is 0 Å². The summed E-state index contributed by atoms with van der Waals surface area (Å²) in [5.74, 6) is 1.03. The van der Waals surface area contributed by atoms with Gasteiger partial charge in [0.05, 0.1) is 6.10 Å². The van der Waals surface area contributed by atoms with E-state index < -0.39 is 0 Å². The first-order chi connectivity index (χ1) is 9.40. The second kappa shape index (κ2) is 7.84. The maximum Gasteiger partial charge on any atom is 0.323 e. The van der Waals surface area contributed by atoms with Gasteiger partial charge in [-0.2, -0.15) is 15.0 Å². The zero-order valence-corrected chi connectivity index (χ0v) is 13.3. The highest BCUT2D eigenvalue weighted by Gasteiger charge is 2.10. The van der Waals surface area contributed by atoms with E-state index in [1.54, 1.807) is 7.05 Å². The topological polar surface area (TPSA) is 75.2 Å². The number of ether oxygens (including phenoxy) is 1. The van der Waals surface area contributed by atoms with Crippen molar-refractivity contribution in [2.45, 2.75) is 39.3 Å². The van der Waals surface area contributed by atoms with Crippen molar-refractivity contribution in [2.75, 3.05) is 38.3 Å². The lowest BCUT2D eigenvalue weighted by molar-refractivity contribution is 0.222. The molecule has 1 aromatic heterocycles. The molecule has 0 aliphatic heterocycles. The van der Waals surface area contributed by atoms with Crippen molar-refractivity contribution in [3.63, 3.8) is 0 Å². The van der Waals surface area contributed by atoms with Crippen molar-refractivity contribution < 1.29 is 4.74 Å². The Hall–Kier alpha value is -1.63. The monoisotopic (exact) mass is 282 g/mol. The molecule has 0 saturated heterocycles. The third-order valence-electron chi connectivity index (χ3n) is 2.56. The molecule has 0 spiro atoms. The van der Waals surface area contributed by atoms with E-state index in [0.717, 1.165) is 13.0 Å². The molecule has 1 aromatic rings. The average Bonchev–Trinajstić information content (AvgIpc) is 2.35. The number of nitrogens with one attached hydrogen (secondary N) is 2. The molecule has 20 heavy (non-hydrogen) atoms. The lowest BCUT2D eigenvalue weighted by Crippen LogP contribution is -2.24. The Kier molecular flexibility index (Phi) is 6.44. The van der Waals surface area contributed by atoms with Crippen LogP contribution >= 0.6 is 0 Å². The molecule has 0 radical (unpaired) electrons. The number of hydrogen-bond donors (Lipinski definition) is 2. The molecule has 0 fully saturated rings. The van der Waals surface area contributed by atoms with Gasteiger partial charge in [-0.1, -0.05) is 0 Å². The molecule has 0 amide bonds. The fraction of sp³-hybridized carbons (Fsp3) is 0.769. The molecule has 7 heteroatoms. The highest BCUT2D eigenvalue weighted by molar-refractivity contribution is 5.35. The summed E-state index contributed by atoms with van der Waals surface area (Å²) in [5, 5.41) is 6.19. The minimum Gasteiger partial charge on any atom is -0.461 e. The number of hydrogen-bond acceptors (Lipinski definition) is 7. The first-order valence-electron chi connectivity index (χ1n) is 6.92. The summed E-state index contributed by atoms with van der Waals surface area (Å²) in [5.41, 5.74) is 0. The predicted molar refractivity (Wildman–Crippen MR) is 81.4 cm³/mol. The van der Waals surface area contributed by atoms with Crippen LogP contribution < -0.4 is 15.4 Å². The maximum atomic E-state index is 5.53. The van der Waals surface area contributed by atoms with Crippen LogP contribution in [0.4, 0.5) is 11.9 Å². The van der Waals surface area contributed by atoms with Crippen molar-refractivity contribution in [3.8, 4) is 6.01 Å². The molecule has 0 aliphatic rings. The van der Waals surface area contributed by atoms with Gasteiger partial charge in [0, 0.05) is 13.1 Å². The van der Waals surface area contributed by atoms with E-state index in [1.807, 2.05) is 13.8 Å². The second-order valence-corrected chi connectivity index (χ2v) is 5.32. The minimum atomic E-state index is 0.0288. The van der Waals surface area contributed by atoms with Gasteiger partial charge in [-0.05, 0) is 47.8 Å². The average molecular weight is 282 g/mol. The van der Waals surface area contributed by atoms with Gasteiger partial charge in [-0.15, -0.1) is 0 Å². The van der Waals surface area contributed by atoms with Crippen molar-refractivity contribution >= 4 is 11.9 Å². The van der Waals surface area contributed by atoms with Crippen LogP contribution in [0.5, 0.6) is 6.01 Å². The second-order valence-electron chi connectivity index (χ2n) is 5.32. The summed E-state index contributed by atoms with van der Waals surface area (Å²) in [6.45, 7) is 6.99. The largest absolute Gasteiger partial charge is 0.461 e. The van der Waals surface area contributed by atoms with Crippen molar-refractivity contribution in [3.05, 3.63) is 0 Å². The quantitative estimate of drug-likeness (QED) is 0.747. The SMILES string of the molecule is CNc1nc(NC(C)CCN(C)C)nc(OC(C)C)n1. The van der Waals surface area contributed by atoms with E-state index in [4.69, 9.17) is 4.74 Å². The zero-order chi connectivity index (χ0) is 15.1. The lowest BCUT2D eigenvalue weighted by atomic mass is 10.2. The third-order valence-corrected chi connectivity index (χ3v) is 2.56. The van der Waals surface area contributed by atoms with E-state index >= 15 is 0 Å². The summed E-state index contributed by atoms with van der Waals surface area (Å²) in [6.07, 6.45) is 1.04. The van der Waals surface area contributed by atoms with Gasteiger partial charge in [0.15, 0.2) is 0 Å². The maximum absolute atomic E-state index is 5.53. The van der Waals surface area contributed by atoms with Gasteiger partial charge in [0.25, 0.3) is 0 Å². The summed E-state index contributed by atoms with van der Waals surface area (Å²) in [7, 11) is 5.89. The molecule has 1 atom stereocenters. The molecule has 1 heterocycles. The molecule has 2 N–H and O–H groups in total. The van der Waals surface area contributed by atoms with Gasteiger partial charge in [-0.25, -0.2) is 0 Å². The normalized spacial score (nSPS) is 12.6. The Morgan fingerprint density at radius 1 is 1.10 bits per heavy atom. The number of anilines is 2. The van der Waals surface area contributed by atoms with Crippen LogP contribution in [0, 0.1) is 0 Å². The number of nitrogens with zero attached hydrogens (tertiary/aromatic N) is 4. The summed E-state index contributed by atoms with van der Waals surface area (Å²) < 4.78 is 5.53. The molecule has 0 aliphatic carbocycles. The van der Waals surface area contributed by atoms with E-state index in [1.165, 1.54) is 0 Å². The van der Waals surface area contributed by atoms with E-state index in [0.29, 0.717) is 17.9 Å². The Morgan fingerprint density at radius 3 is 2.30 bits per heavy atom. The molecule has 0 aromatic carbocycles. The standard InChI is InChI=1S/C13H26N6O/c1-9(2)20-13-17-11(14-4)16-12(18-13)15-10(3)7-8-19(5)6/h9-10H,7-8H2,1-6H3,(H2,14,15,16,17,18). The number of aromatic nitrogens is 3. The van der Waals surface area contributed by atoms with Crippen LogP contribution in [0.3, 0.4) is 0 Å². The third kappa shape index (κ3) is 6.01. The van der Waals surface area contributed by atoms with Crippen LogP contribution in [0.2, 0.25) is 0 Å². The van der Waals surface area contributed by atoms with Gasteiger partial charge in [0.2, 0.25) is 11.9 Å². The summed E-state index contributed by atoms with van der Waals surface area (Å²) >= 11 is 0. The van der Waals surface area contributed by atoms with Gasteiger partial charge in [-0.3, -0.25) is 0 Å². The zero-order valence-electron chi connectivity index (χ0n) is 13.3. The van der Waals surface area contributed by atoms with Gasteiger partial charge < -0.3 is 20.3 Å². The van der Waals surface area contributed by atoms with E-state index in [-0.39, 0.29) is 12.1 Å². The lowest BCUT2D eigenvalue weighted by Gasteiger charge is -2.17. The summed E-state index contributed by atoms with van der Waals surface area (Å²) in [4.78, 5) is 14.9. The molecule has 7 nitrogen and oxygen atoms in total. The Balaban J connectivity index is 2.72. The highest BCUT2D eigenvalue weighted by Crippen LogP contribution is 2.13. The number of rotatable bonds is 8. The van der Waals surface area contributed by atoms with Crippen LogP contribution in [0.15, 0.2) is 0 Å². The fourth-order valence-electron chi connectivity index (χ4n) is 1.54. The predicted octanol–water partition coefficient (Wildman–Crippen LogP) is 1.45. The molecule has 0 bridgehead atoms. The molecule has 1 unspecified atom stereocenters. The minimum absolute atomic E-state index is 0.0288. The van der Waals surface area contributed by atoms with E-state index in [2.05, 4.69) is 51.5 Å². The first kappa shape index (κ1) is 16.4. The van der Waals surface area contributed by atoms with Crippen LogP contribution in [0.25, 0.3) is 0 Å². The van der Waals surface area contributed by atoms with E-state index in [9.17, 15) is 0 Å². The van der Waals surface area contributed by atoms with Crippen molar-refractivity contribution in [1.29, 1.82) is 0 Å². The summed E-state index contributed by atoms with van der Waals surface area (Å²) in [6, 6.07) is 0.609. The molecule has 1 rings (SSSR count). The smallest absolute Gasteiger partial charge is 0.323 e.